The largest absolute Gasteiger partial charge is 0.456 e. The van der Waals surface area contributed by atoms with Gasteiger partial charge in [0.1, 0.15) is 11.2 Å². The van der Waals surface area contributed by atoms with E-state index in [0.717, 1.165) is 33.0 Å². The first-order chi connectivity index (χ1) is 28.8. The Kier molecular flexibility index (Phi) is 6.04. The van der Waals surface area contributed by atoms with E-state index in [2.05, 4.69) is 24.3 Å². The molecule has 0 fully saturated rings. The molecule has 2 aromatic heterocycles. The Morgan fingerprint density at radius 1 is 0.340 bits per heavy atom. The number of nitrogens with zero attached hydrogens (tertiary/aromatic N) is 3. The molecule has 0 saturated carbocycles. The summed E-state index contributed by atoms with van der Waals surface area (Å²) in [5.74, 6) is 0.625. The van der Waals surface area contributed by atoms with E-state index in [1.807, 2.05) is 103 Å². The number of benzene rings is 8. The van der Waals surface area contributed by atoms with Crippen molar-refractivity contribution < 1.29 is 12.6 Å². The van der Waals surface area contributed by atoms with Crippen molar-refractivity contribution in [3.05, 3.63) is 188 Å². The smallest absolute Gasteiger partial charge is 0.164 e. The number of hydrogen-bond acceptors (Lipinski definition) is 4. The van der Waals surface area contributed by atoms with E-state index in [4.69, 9.17) is 22.1 Å². The van der Waals surface area contributed by atoms with E-state index < -0.39 is 0 Å². The molecule has 0 unspecified atom stereocenters. The minimum atomic E-state index is -0.332. The molecule has 10 aromatic rings. The monoisotopic (exact) mass is 683 g/mol. The zero-order valence-electron chi connectivity index (χ0n) is 34.2. The summed E-state index contributed by atoms with van der Waals surface area (Å²) in [6.07, 6.45) is 0. The predicted molar refractivity (Wildman–Crippen MR) is 217 cm³/mol. The van der Waals surface area contributed by atoms with Crippen molar-refractivity contribution in [3.8, 4) is 67.5 Å². The van der Waals surface area contributed by atoms with Crippen LogP contribution in [0.1, 0.15) is 8.22 Å². The van der Waals surface area contributed by atoms with Crippen LogP contribution in [-0.2, 0) is 0 Å². The zero-order chi connectivity index (χ0) is 40.4. The van der Waals surface area contributed by atoms with Gasteiger partial charge in [0.05, 0.1) is 8.22 Å². The lowest BCUT2D eigenvalue weighted by molar-refractivity contribution is 0.669. The Hall–Kier alpha value is -7.17. The Balaban J connectivity index is 1.16. The van der Waals surface area contributed by atoms with Crippen LogP contribution in [0.4, 0.5) is 0 Å². The molecule has 0 bridgehead atoms. The molecular weight excluding hydrogens is 647 g/mol. The maximum atomic E-state index is 9.46. The summed E-state index contributed by atoms with van der Waals surface area (Å²) in [4.78, 5) is 14.6. The minimum Gasteiger partial charge on any atom is -0.456 e. The highest BCUT2D eigenvalue weighted by molar-refractivity contribution is 6.07. The van der Waals surface area contributed by atoms with Crippen molar-refractivity contribution in [2.24, 2.45) is 0 Å². The Morgan fingerprint density at radius 2 is 0.868 bits per heavy atom. The highest BCUT2D eigenvalue weighted by atomic mass is 16.3. The quantitative estimate of drug-likeness (QED) is 0.175. The van der Waals surface area contributed by atoms with Crippen molar-refractivity contribution >= 4 is 32.7 Å². The van der Waals surface area contributed by atoms with Crippen LogP contribution in [0.25, 0.3) is 100 Å². The van der Waals surface area contributed by atoms with Gasteiger partial charge in [-0.3, -0.25) is 0 Å². The van der Waals surface area contributed by atoms with Gasteiger partial charge in [-0.2, -0.15) is 0 Å². The Morgan fingerprint density at radius 3 is 1.57 bits per heavy atom. The third-order valence-corrected chi connectivity index (χ3v) is 9.43. The van der Waals surface area contributed by atoms with Crippen LogP contribution in [0.5, 0.6) is 0 Å². The van der Waals surface area contributed by atoms with Crippen LogP contribution < -0.4 is 0 Å². The normalized spacial score (nSPS) is 13.0. The number of aromatic nitrogens is 3. The van der Waals surface area contributed by atoms with Gasteiger partial charge in [0, 0.05) is 27.5 Å². The highest BCUT2D eigenvalue weighted by Gasteiger charge is 2.16. The van der Waals surface area contributed by atoms with E-state index in [0.29, 0.717) is 28.3 Å². The topological polar surface area (TPSA) is 51.8 Å². The fraction of sp³-hybridized carbons (Fsp3) is 0. The van der Waals surface area contributed by atoms with Crippen molar-refractivity contribution in [2.45, 2.75) is 0 Å². The molecule has 0 aliphatic heterocycles. The van der Waals surface area contributed by atoms with Gasteiger partial charge in [-0.15, -0.1) is 0 Å². The third kappa shape index (κ3) is 5.73. The van der Waals surface area contributed by atoms with E-state index in [1.165, 1.54) is 0 Å². The fourth-order valence-corrected chi connectivity index (χ4v) is 6.72. The lowest BCUT2D eigenvalue weighted by Crippen LogP contribution is -2.00. The second-order valence-electron chi connectivity index (χ2n) is 12.7. The van der Waals surface area contributed by atoms with Gasteiger partial charge in [0.15, 0.2) is 17.5 Å². The molecule has 0 saturated heterocycles. The molecule has 8 aromatic carbocycles. The number of furan rings is 1. The van der Waals surface area contributed by atoms with Gasteiger partial charge in [-0.1, -0.05) is 164 Å². The van der Waals surface area contributed by atoms with Crippen molar-refractivity contribution in [3.63, 3.8) is 0 Å². The summed E-state index contributed by atoms with van der Waals surface area (Å²) < 4.78 is 61.1. The predicted octanol–water partition coefficient (Wildman–Crippen LogP) is 12.9. The molecule has 2 heterocycles. The molecule has 0 atom stereocenters. The second-order valence-corrected chi connectivity index (χ2v) is 12.7. The van der Waals surface area contributed by atoms with E-state index in [-0.39, 0.29) is 75.1 Å². The standard InChI is InChI=1S/C49H31N3O/c1-3-10-32(11-4-1)34-18-22-37(23-19-34)47-50-48(38-24-20-36(21-25-38)42-17-9-15-35-14-7-8-16-41(35)42)52-49(51-47)40-26-28-43-44-30-39(33-12-5-2-6-13-33)27-29-45(44)53-46(43)31-40/h1-31H/i26D,27D,28D,29D,30D,31D. The minimum absolute atomic E-state index is 0.00414. The average Bonchev–Trinajstić information content (AvgIpc) is 3.70. The van der Waals surface area contributed by atoms with Crippen LogP contribution in [0.3, 0.4) is 0 Å². The second kappa shape index (κ2) is 12.9. The van der Waals surface area contributed by atoms with Gasteiger partial charge in [0.25, 0.3) is 0 Å². The number of rotatable bonds is 6. The maximum Gasteiger partial charge on any atom is 0.164 e. The van der Waals surface area contributed by atoms with E-state index in [1.54, 1.807) is 24.3 Å². The van der Waals surface area contributed by atoms with Crippen molar-refractivity contribution in [2.75, 3.05) is 0 Å². The van der Waals surface area contributed by atoms with Gasteiger partial charge >= 0.3 is 0 Å². The van der Waals surface area contributed by atoms with Gasteiger partial charge in [-0.05, 0) is 68.3 Å². The molecule has 4 nitrogen and oxygen atoms in total. The summed E-state index contributed by atoms with van der Waals surface area (Å²) in [6.45, 7) is 0. The molecule has 53 heavy (non-hydrogen) atoms. The van der Waals surface area contributed by atoms with E-state index >= 15 is 0 Å². The van der Waals surface area contributed by atoms with E-state index in [9.17, 15) is 5.48 Å². The molecule has 248 valence electrons. The molecule has 0 amide bonds. The molecule has 0 N–H and O–H groups in total. The first-order valence-electron chi connectivity index (χ1n) is 20.3. The number of hydrogen-bond donors (Lipinski definition) is 0. The Labute approximate surface area is 315 Å². The van der Waals surface area contributed by atoms with Crippen LogP contribution in [0, 0.1) is 0 Å². The summed E-state index contributed by atoms with van der Waals surface area (Å²) >= 11 is 0. The zero-order valence-corrected chi connectivity index (χ0v) is 28.2. The first kappa shape index (κ1) is 24.9. The molecule has 0 spiro atoms. The van der Waals surface area contributed by atoms with Gasteiger partial charge < -0.3 is 4.42 Å². The molecule has 0 radical (unpaired) electrons. The first-order valence-corrected chi connectivity index (χ1v) is 17.3. The Bertz CT molecular complexity index is 3260. The highest BCUT2D eigenvalue weighted by Crippen LogP contribution is 2.36. The van der Waals surface area contributed by atoms with Crippen LogP contribution in [0.15, 0.2) is 192 Å². The SMILES string of the molecule is [2H]c1c(-c2ccccc2)c([2H])c2c(oc3c([2H])c(-c4nc(-c5ccc(-c6ccccc6)cc5)nc(-c5ccc(-c6cccc7ccccc67)cc5)n4)c([2H])c([2H])c32)c1[2H]. The summed E-state index contributed by atoms with van der Waals surface area (Å²) in [5, 5.41) is 2.45. The fourth-order valence-electron chi connectivity index (χ4n) is 6.72. The van der Waals surface area contributed by atoms with Crippen LogP contribution >= 0.6 is 0 Å². The molecule has 4 heteroatoms. The lowest BCUT2D eigenvalue weighted by Gasteiger charge is -2.10. The number of fused-ring (bicyclic) bond motifs is 4. The third-order valence-electron chi connectivity index (χ3n) is 9.43. The molecule has 10 rings (SSSR count). The van der Waals surface area contributed by atoms with Crippen LogP contribution in [-0.4, -0.2) is 15.0 Å². The van der Waals surface area contributed by atoms with Crippen molar-refractivity contribution in [1.82, 2.24) is 15.0 Å². The van der Waals surface area contributed by atoms with Crippen molar-refractivity contribution in [1.29, 1.82) is 0 Å². The van der Waals surface area contributed by atoms with Gasteiger partial charge in [-0.25, -0.2) is 15.0 Å². The maximum absolute atomic E-state index is 9.46. The van der Waals surface area contributed by atoms with Crippen LogP contribution in [0.2, 0.25) is 0 Å². The summed E-state index contributed by atoms with van der Waals surface area (Å²) in [7, 11) is 0. The summed E-state index contributed by atoms with van der Waals surface area (Å²) in [5.41, 5.74) is 6.10. The molecule has 0 aliphatic carbocycles. The lowest BCUT2D eigenvalue weighted by atomic mass is 9.97. The average molecular weight is 684 g/mol. The molecular formula is C49H31N3O. The summed E-state index contributed by atoms with van der Waals surface area (Å²) in [6, 6.07) is 47.6. The molecule has 0 aliphatic rings. The van der Waals surface area contributed by atoms with Gasteiger partial charge in [0.2, 0.25) is 0 Å².